The van der Waals surface area contributed by atoms with Crippen LogP contribution in [-0.2, 0) is 16.0 Å². The van der Waals surface area contributed by atoms with Crippen LogP contribution < -0.4 is 10.2 Å². The van der Waals surface area contributed by atoms with Crippen LogP contribution in [0.1, 0.15) is 17.8 Å². The van der Waals surface area contributed by atoms with Gasteiger partial charge < -0.3 is 10.2 Å². The topological polar surface area (TPSA) is 62.3 Å². The van der Waals surface area contributed by atoms with E-state index in [2.05, 4.69) is 16.4 Å². The lowest BCUT2D eigenvalue weighted by molar-refractivity contribution is -0.122. The van der Waals surface area contributed by atoms with Crippen LogP contribution in [0, 0.1) is 0 Å². The molecule has 0 spiro atoms. The van der Waals surface area contributed by atoms with E-state index in [0.29, 0.717) is 12.1 Å². The van der Waals surface area contributed by atoms with Crippen molar-refractivity contribution >= 4 is 44.7 Å². The number of fused-ring (bicyclic) bond motifs is 2. The number of thiazole rings is 1. The highest BCUT2D eigenvalue weighted by Crippen LogP contribution is 2.29. The van der Waals surface area contributed by atoms with Gasteiger partial charge in [-0.05, 0) is 37.1 Å². The number of aromatic nitrogens is 1. The Balaban J connectivity index is 1.41. The van der Waals surface area contributed by atoms with Crippen molar-refractivity contribution in [2.45, 2.75) is 19.3 Å². The highest BCUT2D eigenvalue weighted by atomic mass is 32.1. The molecule has 0 bridgehead atoms. The van der Waals surface area contributed by atoms with Crippen LogP contribution in [-0.4, -0.2) is 23.3 Å². The first kappa shape index (κ1) is 15.8. The molecular formula is C19H17N3O2S. The molecule has 1 aliphatic rings. The maximum atomic E-state index is 12.6. The molecule has 6 heteroatoms. The molecule has 0 atom stereocenters. The molecule has 0 aliphatic carbocycles. The lowest BCUT2D eigenvalue weighted by atomic mass is 10.1. The Bertz CT molecular complexity index is 918. The van der Waals surface area contributed by atoms with Gasteiger partial charge >= 0.3 is 0 Å². The predicted octanol–water partition coefficient (Wildman–Crippen LogP) is 3.60. The summed E-state index contributed by atoms with van der Waals surface area (Å²) in [6.07, 6.45) is 1.89. The Hall–Kier alpha value is -2.73. The molecule has 2 aromatic carbocycles. The second-order valence-corrected chi connectivity index (χ2v) is 7.09. The zero-order valence-corrected chi connectivity index (χ0v) is 14.4. The molecule has 0 saturated carbocycles. The summed E-state index contributed by atoms with van der Waals surface area (Å²) in [5.74, 6) is -0.179. The van der Waals surface area contributed by atoms with Crippen LogP contribution in [0.15, 0.2) is 48.5 Å². The van der Waals surface area contributed by atoms with E-state index in [1.54, 1.807) is 16.2 Å². The molecule has 0 saturated heterocycles. The Kier molecular flexibility index (Phi) is 4.19. The van der Waals surface area contributed by atoms with Gasteiger partial charge in [0.1, 0.15) is 6.54 Å². The van der Waals surface area contributed by atoms with E-state index >= 15 is 0 Å². The van der Waals surface area contributed by atoms with Gasteiger partial charge in [0.15, 0.2) is 0 Å². The summed E-state index contributed by atoms with van der Waals surface area (Å²) < 4.78 is 1.17. The Morgan fingerprint density at radius 1 is 1.16 bits per heavy atom. The van der Waals surface area contributed by atoms with Crippen molar-refractivity contribution in [3.8, 4) is 0 Å². The second kappa shape index (κ2) is 6.64. The number of nitrogens with one attached hydrogen (secondary N) is 1. The Morgan fingerprint density at radius 3 is 2.84 bits per heavy atom. The number of aryl methyl sites for hydroxylation is 1. The summed E-state index contributed by atoms with van der Waals surface area (Å²) in [6, 6.07) is 15.4. The van der Waals surface area contributed by atoms with Crippen LogP contribution in [0.3, 0.4) is 0 Å². The first-order chi connectivity index (χ1) is 12.2. The van der Waals surface area contributed by atoms with E-state index in [1.165, 1.54) is 4.70 Å². The lowest BCUT2D eigenvalue weighted by Gasteiger charge is -2.29. The fourth-order valence-corrected chi connectivity index (χ4v) is 4.02. The van der Waals surface area contributed by atoms with E-state index in [4.69, 9.17) is 0 Å². The van der Waals surface area contributed by atoms with E-state index in [0.717, 1.165) is 29.1 Å². The van der Waals surface area contributed by atoms with Gasteiger partial charge in [0.25, 0.3) is 0 Å². The van der Waals surface area contributed by atoms with Crippen LogP contribution >= 0.6 is 11.3 Å². The zero-order valence-electron chi connectivity index (χ0n) is 13.6. The highest BCUT2D eigenvalue weighted by Gasteiger charge is 2.26. The minimum absolute atomic E-state index is 0.0246. The van der Waals surface area contributed by atoms with E-state index in [1.807, 2.05) is 42.5 Å². The molecule has 5 nitrogen and oxygen atoms in total. The maximum Gasteiger partial charge on any atom is 0.244 e. The number of para-hydroxylation sites is 3. The largest absolute Gasteiger partial charge is 0.323 e. The van der Waals surface area contributed by atoms with Gasteiger partial charge in [0, 0.05) is 6.42 Å². The van der Waals surface area contributed by atoms with E-state index < -0.39 is 0 Å². The number of rotatable bonds is 4. The molecule has 2 heterocycles. The van der Waals surface area contributed by atoms with Crippen molar-refractivity contribution in [1.82, 2.24) is 4.98 Å². The van der Waals surface area contributed by atoms with Gasteiger partial charge in [-0.2, -0.15) is 0 Å². The highest BCUT2D eigenvalue weighted by molar-refractivity contribution is 7.18. The van der Waals surface area contributed by atoms with Gasteiger partial charge in [-0.3, -0.25) is 9.59 Å². The number of anilines is 2. The number of carbonyl (C=O) groups excluding carboxylic acids is 2. The maximum absolute atomic E-state index is 12.6. The first-order valence-corrected chi connectivity index (χ1v) is 9.06. The van der Waals surface area contributed by atoms with Crippen LogP contribution in [0.2, 0.25) is 0 Å². The van der Waals surface area contributed by atoms with E-state index in [9.17, 15) is 9.59 Å². The van der Waals surface area contributed by atoms with Crippen molar-refractivity contribution < 1.29 is 9.59 Å². The predicted molar refractivity (Wildman–Crippen MR) is 100.0 cm³/mol. The summed E-state index contributed by atoms with van der Waals surface area (Å²) in [5, 5.41) is 3.85. The van der Waals surface area contributed by atoms with Crippen molar-refractivity contribution in [1.29, 1.82) is 0 Å². The summed E-state index contributed by atoms with van der Waals surface area (Å²) >= 11 is 1.67. The fraction of sp³-hybridized carbons (Fsp3) is 0.211. The molecule has 1 N–H and O–H groups in total. The number of carbonyl (C=O) groups is 2. The molecule has 0 radical (unpaired) electrons. The van der Waals surface area contributed by atoms with Gasteiger partial charge in [-0.1, -0.05) is 24.3 Å². The van der Waals surface area contributed by atoms with Crippen LogP contribution in [0.4, 0.5) is 11.4 Å². The minimum atomic E-state index is -0.154. The van der Waals surface area contributed by atoms with Gasteiger partial charge in [0.2, 0.25) is 11.8 Å². The quantitative estimate of drug-likeness (QED) is 0.781. The monoisotopic (exact) mass is 351 g/mol. The standard InChI is InChI=1S/C19H17N3O2S/c23-17-12-22(15-8-3-1-6-13(15)20-17)19(24)11-5-10-18-21-14-7-2-4-9-16(14)25-18/h1-4,6-9H,5,10-12H2,(H,20,23). The minimum Gasteiger partial charge on any atom is -0.323 e. The van der Waals surface area contributed by atoms with Gasteiger partial charge in [-0.15, -0.1) is 11.3 Å². The Morgan fingerprint density at radius 2 is 1.96 bits per heavy atom. The molecule has 1 aliphatic heterocycles. The summed E-state index contributed by atoms with van der Waals surface area (Å²) in [7, 11) is 0. The van der Waals surface area contributed by atoms with Crippen LogP contribution in [0.5, 0.6) is 0 Å². The van der Waals surface area contributed by atoms with E-state index in [-0.39, 0.29) is 18.4 Å². The molecular weight excluding hydrogens is 334 g/mol. The third kappa shape index (κ3) is 3.25. The number of nitrogens with zero attached hydrogens (tertiary/aromatic N) is 2. The van der Waals surface area contributed by atoms with Gasteiger partial charge in [0.05, 0.1) is 26.6 Å². The third-order valence-electron chi connectivity index (χ3n) is 4.19. The molecule has 25 heavy (non-hydrogen) atoms. The summed E-state index contributed by atoms with van der Waals surface area (Å²) in [5.41, 5.74) is 2.47. The smallest absolute Gasteiger partial charge is 0.244 e. The number of benzene rings is 2. The number of hydrogen-bond acceptors (Lipinski definition) is 4. The average Bonchev–Trinajstić information content (AvgIpc) is 3.03. The number of amides is 2. The third-order valence-corrected chi connectivity index (χ3v) is 5.29. The summed E-state index contributed by atoms with van der Waals surface area (Å²) in [4.78, 5) is 30.6. The molecule has 1 aromatic heterocycles. The molecule has 0 fully saturated rings. The molecule has 0 unspecified atom stereocenters. The molecule has 126 valence electrons. The first-order valence-electron chi connectivity index (χ1n) is 8.24. The van der Waals surface area contributed by atoms with Crippen molar-refractivity contribution in [3.63, 3.8) is 0 Å². The lowest BCUT2D eigenvalue weighted by Crippen LogP contribution is -2.42. The number of hydrogen-bond donors (Lipinski definition) is 1. The average molecular weight is 351 g/mol. The van der Waals surface area contributed by atoms with Crippen molar-refractivity contribution in [2.75, 3.05) is 16.8 Å². The van der Waals surface area contributed by atoms with Gasteiger partial charge in [-0.25, -0.2) is 4.98 Å². The normalized spacial score (nSPS) is 13.6. The fourth-order valence-electron chi connectivity index (χ4n) is 3.01. The SMILES string of the molecule is O=C1CN(C(=O)CCCc2nc3ccccc3s2)c2ccccc2N1. The Labute approximate surface area is 149 Å². The summed E-state index contributed by atoms with van der Waals surface area (Å²) in [6.45, 7) is 0.0803. The van der Waals surface area contributed by atoms with Crippen molar-refractivity contribution in [2.24, 2.45) is 0 Å². The van der Waals surface area contributed by atoms with Crippen molar-refractivity contribution in [3.05, 3.63) is 53.5 Å². The second-order valence-electron chi connectivity index (χ2n) is 5.97. The molecule has 2 amide bonds. The molecule has 4 rings (SSSR count). The zero-order chi connectivity index (χ0) is 17.2. The molecule has 3 aromatic rings. The van der Waals surface area contributed by atoms with Crippen LogP contribution in [0.25, 0.3) is 10.2 Å².